The van der Waals surface area contributed by atoms with Crippen LogP contribution in [0.15, 0.2) is 81.7 Å². The lowest BCUT2D eigenvalue weighted by atomic mass is 9.85. The van der Waals surface area contributed by atoms with Gasteiger partial charge in [-0.3, -0.25) is 4.90 Å². The molecular formula is C25H24N2O3. The van der Waals surface area contributed by atoms with Gasteiger partial charge in [0.2, 0.25) is 0 Å². The molecule has 0 fully saturated rings. The molecule has 0 saturated heterocycles. The zero-order chi connectivity index (χ0) is 20.3. The second-order valence-corrected chi connectivity index (χ2v) is 7.71. The second kappa shape index (κ2) is 8.30. The highest BCUT2D eigenvalue weighted by atomic mass is 16.5. The van der Waals surface area contributed by atoms with Crippen LogP contribution in [0.4, 0.5) is 0 Å². The van der Waals surface area contributed by atoms with Gasteiger partial charge in [-0.05, 0) is 23.3 Å². The lowest BCUT2D eigenvalue weighted by Crippen LogP contribution is -2.30. The average molecular weight is 400 g/mol. The maximum absolute atomic E-state index is 9.25. The summed E-state index contributed by atoms with van der Waals surface area (Å²) in [6.07, 6.45) is 0.826. The van der Waals surface area contributed by atoms with E-state index < -0.39 is 0 Å². The minimum atomic E-state index is -0.0736. The molecule has 2 aromatic heterocycles. The molecule has 152 valence electrons. The van der Waals surface area contributed by atoms with Crippen LogP contribution in [0.5, 0.6) is 0 Å². The molecule has 0 aliphatic carbocycles. The number of furan rings is 1. The molecule has 0 amide bonds. The van der Waals surface area contributed by atoms with Crippen molar-refractivity contribution in [2.45, 2.75) is 32.0 Å². The van der Waals surface area contributed by atoms with Gasteiger partial charge in [0.1, 0.15) is 29.6 Å². The molecule has 0 spiro atoms. The van der Waals surface area contributed by atoms with Crippen LogP contribution in [0.1, 0.15) is 45.6 Å². The highest BCUT2D eigenvalue weighted by molar-refractivity contribution is 5.44. The van der Waals surface area contributed by atoms with Crippen LogP contribution < -0.4 is 0 Å². The highest BCUT2D eigenvalue weighted by Gasteiger charge is 2.30. The third kappa shape index (κ3) is 3.70. The van der Waals surface area contributed by atoms with Gasteiger partial charge in [-0.1, -0.05) is 65.8 Å². The summed E-state index contributed by atoms with van der Waals surface area (Å²) in [6, 6.07) is 24.7. The molecule has 0 radical (unpaired) electrons. The van der Waals surface area contributed by atoms with E-state index in [-0.39, 0.29) is 12.5 Å². The molecule has 0 unspecified atom stereocenters. The summed E-state index contributed by atoms with van der Waals surface area (Å²) in [7, 11) is 0. The van der Waals surface area contributed by atoms with Gasteiger partial charge in [0.25, 0.3) is 0 Å². The molecule has 0 bridgehead atoms. The van der Waals surface area contributed by atoms with Crippen LogP contribution in [0.3, 0.4) is 0 Å². The molecular weight excluding hydrogens is 376 g/mol. The smallest absolute Gasteiger partial charge is 0.142 e. The van der Waals surface area contributed by atoms with Crippen molar-refractivity contribution in [3.8, 4) is 0 Å². The molecule has 1 aliphatic rings. The van der Waals surface area contributed by atoms with Crippen molar-refractivity contribution in [2.75, 3.05) is 6.54 Å². The molecule has 1 N–H and O–H groups in total. The first-order chi connectivity index (χ1) is 14.8. The van der Waals surface area contributed by atoms with Gasteiger partial charge in [0, 0.05) is 25.1 Å². The zero-order valence-electron chi connectivity index (χ0n) is 16.7. The molecule has 4 aromatic rings. The Balaban J connectivity index is 1.47. The topological polar surface area (TPSA) is 62.6 Å². The van der Waals surface area contributed by atoms with Crippen molar-refractivity contribution in [2.24, 2.45) is 0 Å². The van der Waals surface area contributed by atoms with E-state index in [9.17, 15) is 5.11 Å². The Morgan fingerprint density at radius 1 is 0.900 bits per heavy atom. The first-order valence-electron chi connectivity index (χ1n) is 10.3. The molecule has 2 aromatic carbocycles. The summed E-state index contributed by atoms with van der Waals surface area (Å²) < 4.78 is 11.5. The lowest BCUT2D eigenvalue weighted by molar-refractivity contribution is 0.200. The number of benzene rings is 2. The molecule has 5 nitrogen and oxygen atoms in total. The van der Waals surface area contributed by atoms with Gasteiger partial charge in [-0.15, -0.1) is 0 Å². The number of nitrogens with zero attached hydrogens (tertiary/aromatic N) is 2. The molecule has 3 heterocycles. The first-order valence-corrected chi connectivity index (χ1v) is 10.3. The van der Waals surface area contributed by atoms with Gasteiger partial charge < -0.3 is 14.0 Å². The molecule has 30 heavy (non-hydrogen) atoms. The van der Waals surface area contributed by atoms with E-state index in [1.54, 1.807) is 0 Å². The number of fused-ring (bicyclic) bond motifs is 1. The Morgan fingerprint density at radius 2 is 1.57 bits per heavy atom. The summed E-state index contributed by atoms with van der Waals surface area (Å²) in [5.41, 5.74) is 4.57. The Labute approximate surface area is 175 Å². The lowest BCUT2D eigenvalue weighted by Gasteiger charge is -2.26. The number of hydrogen-bond acceptors (Lipinski definition) is 5. The summed E-state index contributed by atoms with van der Waals surface area (Å²) in [4.78, 5) is 2.34. The predicted octanol–water partition coefficient (Wildman–Crippen LogP) is 4.50. The van der Waals surface area contributed by atoms with Crippen LogP contribution in [0, 0.1) is 0 Å². The fourth-order valence-electron chi connectivity index (χ4n) is 4.26. The highest BCUT2D eigenvalue weighted by Crippen LogP contribution is 2.36. The van der Waals surface area contributed by atoms with E-state index in [0.717, 1.165) is 36.7 Å². The Bertz CT molecular complexity index is 1060. The molecule has 5 rings (SSSR count). The van der Waals surface area contributed by atoms with E-state index in [0.29, 0.717) is 12.3 Å². The van der Waals surface area contributed by atoms with Gasteiger partial charge in [0.15, 0.2) is 0 Å². The van der Waals surface area contributed by atoms with Crippen molar-refractivity contribution in [1.82, 2.24) is 10.1 Å². The normalized spacial score (nSPS) is 14.2. The Kier molecular flexibility index (Phi) is 5.22. The van der Waals surface area contributed by atoms with Crippen molar-refractivity contribution in [3.05, 3.63) is 112 Å². The predicted molar refractivity (Wildman–Crippen MR) is 113 cm³/mol. The summed E-state index contributed by atoms with van der Waals surface area (Å²) in [6.45, 7) is 2.28. The number of aromatic nitrogens is 1. The molecule has 5 heteroatoms. The van der Waals surface area contributed by atoms with Crippen LogP contribution in [0.2, 0.25) is 0 Å². The second-order valence-electron chi connectivity index (χ2n) is 7.71. The zero-order valence-corrected chi connectivity index (χ0v) is 16.7. The van der Waals surface area contributed by atoms with E-state index in [2.05, 4.69) is 58.6 Å². The number of aliphatic hydroxyl groups excluding tert-OH is 1. The van der Waals surface area contributed by atoms with Crippen LogP contribution >= 0.6 is 0 Å². The average Bonchev–Trinajstić information content (AvgIpc) is 3.43. The molecule has 0 saturated carbocycles. The van der Waals surface area contributed by atoms with Gasteiger partial charge in [-0.2, -0.15) is 0 Å². The number of hydrogen-bond donors (Lipinski definition) is 1. The summed E-state index contributed by atoms with van der Waals surface area (Å²) in [5.74, 6) is 2.47. The van der Waals surface area contributed by atoms with Crippen molar-refractivity contribution in [3.63, 3.8) is 0 Å². The Morgan fingerprint density at radius 3 is 2.20 bits per heavy atom. The van der Waals surface area contributed by atoms with E-state index in [4.69, 9.17) is 8.94 Å². The monoisotopic (exact) mass is 400 g/mol. The van der Waals surface area contributed by atoms with E-state index in [1.807, 2.05) is 24.3 Å². The van der Waals surface area contributed by atoms with Gasteiger partial charge >= 0.3 is 0 Å². The summed E-state index contributed by atoms with van der Waals surface area (Å²) in [5, 5.41) is 13.8. The molecule has 0 atom stereocenters. The first kappa shape index (κ1) is 18.9. The fourth-order valence-corrected chi connectivity index (χ4v) is 4.26. The van der Waals surface area contributed by atoms with Gasteiger partial charge in [-0.25, -0.2) is 0 Å². The maximum Gasteiger partial charge on any atom is 0.142 e. The molecule has 1 aliphatic heterocycles. The van der Waals surface area contributed by atoms with Gasteiger partial charge in [0.05, 0.1) is 12.5 Å². The van der Waals surface area contributed by atoms with Crippen molar-refractivity contribution in [1.29, 1.82) is 0 Å². The van der Waals surface area contributed by atoms with Crippen molar-refractivity contribution < 1.29 is 14.0 Å². The van der Waals surface area contributed by atoms with Crippen LogP contribution in [0.25, 0.3) is 0 Å². The minimum Gasteiger partial charge on any atom is -0.462 e. The fraction of sp³-hybridized carbons (Fsp3) is 0.240. The number of aliphatic hydroxyl groups is 1. The van der Waals surface area contributed by atoms with E-state index >= 15 is 0 Å². The third-order valence-corrected chi connectivity index (χ3v) is 5.73. The standard InChI is InChI=1S/C25H24N2O3/c28-17-21-12-11-20(29-21)15-27-14-13-23-22(16-27)25(26-30-23)24(18-7-3-1-4-8-18)19-9-5-2-6-10-19/h1-12,24,28H,13-17H2. The van der Waals surface area contributed by atoms with E-state index in [1.165, 1.54) is 16.7 Å². The quantitative estimate of drug-likeness (QED) is 0.516. The van der Waals surface area contributed by atoms with Crippen molar-refractivity contribution >= 4 is 0 Å². The number of rotatable bonds is 6. The van der Waals surface area contributed by atoms with Crippen LogP contribution in [-0.2, 0) is 26.1 Å². The third-order valence-electron chi connectivity index (χ3n) is 5.73. The maximum atomic E-state index is 9.25. The van der Waals surface area contributed by atoms with Crippen LogP contribution in [-0.4, -0.2) is 21.7 Å². The Hall–Kier alpha value is -3.15. The minimum absolute atomic E-state index is 0.0319. The SMILES string of the molecule is OCc1ccc(CN2CCc3onc(C(c4ccccc4)c4ccccc4)c3C2)o1. The largest absolute Gasteiger partial charge is 0.462 e. The summed E-state index contributed by atoms with van der Waals surface area (Å²) >= 11 is 0.